The summed E-state index contributed by atoms with van der Waals surface area (Å²) in [6, 6.07) is 15.4. The lowest BCUT2D eigenvalue weighted by molar-refractivity contribution is 0.0951. The summed E-state index contributed by atoms with van der Waals surface area (Å²) in [5.41, 5.74) is 11.7. The zero-order chi connectivity index (χ0) is 23.4. The van der Waals surface area contributed by atoms with Gasteiger partial charge in [0.1, 0.15) is 17.0 Å². The molecule has 0 spiro atoms. The first-order valence-electron chi connectivity index (χ1n) is 11.0. The van der Waals surface area contributed by atoms with Gasteiger partial charge in [-0.15, -0.1) is 0 Å². The second-order valence-electron chi connectivity index (χ2n) is 8.46. The van der Waals surface area contributed by atoms with E-state index in [4.69, 9.17) is 10.2 Å². The van der Waals surface area contributed by atoms with E-state index in [2.05, 4.69) is 20.3 Å². The van der Waals surface area contributed by atoms with Gasteiger partial charge in [-0.1, -0.05) is 6.07 Å². The molecular weight excluding hydrogens is 426 g/mol. The predicted octanol–water partition coefficient (Wildman–Crippen LogP) is 5.16. The van der Waals surface area contributed by atoms with Crippen molar-refractivity contribution in [3.8, 4) is 11.4 Å². The average molecular weight is 447 g/mol. The highest BCUT2D eigenvalue weighted by Crippen LogP contribution is 2.42. The minimum atomic E-state index is -0.154. The summed E-state index contributed by atoms with van der Waals surface area (Å²) in [7, 11) is 0. The van der Waals surface area contributed by atoms with Crippen molar-refractivity contribution < 1.29 is 9.21 Å². The maximum absolute atomic E-state index is 13.0. The van der Waals surface area contributed by atoms with Crippen LogP contribution in [0.5, 0.6) is 0 Å². The van der Waals surface area contributed by atoms with E-state index < -0.39 is 0 Å². The summed E-state index contributed by atoms with van der Waals surface area (Å²) in [5.74, 6) is 0.990. The molecule has 0 unspecified atom stereocenters. The maximum Gasteiger partial charge on any atom is 0.251 e. The van der Waals surface area contributed by atoms with Crippen molar-refractivity contribution in [3.63, 3.8) is 0 Å². The van der Waals surface area contributed by atoms with E-state index in [9.17, 15) is 4.79 Å². The van der Waals surface area contributed by atoms with Gasteiger partial charge in [-0.25, -0.2) is 15.0 Å². The van der Waals surface area contributed by atoms with E-state index >= 15 is 0 Å². The van der Waals surface area contributed by atoms with Crippen LogP contribution >= 0.6 is 0 Å². The third-order valence-electron chi connectivity index (χ3n) is 6.31. The van der Waals surface area contributed by atoms with Crippen LogP contribution < -0.4 is 11.1 Å². The number of carbonyl (C=O) groups excluding carboxylic acids is 1. The fourth-order valence-corrected chi connectivity index (χ4v) is 4.63. The Labute approximate surface area is 195 Å². The Morgan fingerprint density at radius 2 is 1.65 bits per heavy atom. The molecule has 1 amide bonds. The number of amides is 1. The fourth-order valence-electron chi connectivity index (χ4n) is 4.63. The lowest BCUT2D eigenvalue weighted by atomic mass is 9.99. The van der Waals surface area contributed by atoms with Gasteiger partial charge in [0.15, 0.2) is 5.82 Å². The molecule has 0 aliphatic heterocycles. The molecule has 0 saturated carbocycles. The predicted molar refractivity (Wildman–Crippen MR) is 133 cm³/mol. The molecule has 6 rings (SSSR count). The number of furan rings is 2. The average Bonchev–Trinajstić information content (AvgIpc) is 3.40. The number of nitrogens with one attached hydrogen (secondary N) is 1. The van der Waals surface area contributed by atoms with Crippen molar-refractivity contribution in [2.75, 3.05) is 5.73 Å². The van der Waals surface area contributed by atoms with Gasteiger partial charge < -0.3 is 15.5 Å². The Morgan fingerprint density at radius 1 is 0.941 bits per heavy atom. The lowest BCUT2D eigenvalue weighted by Crippen LogP contribution is -2.24. The largest absolute Gasteiger partial charge is 0.455 e. The van der Waals surface area contributed by atoms with Gasteiger partial charge in [0.25, 0.3) is 5.91 Å². The molecule has 3 N–H and O–H groups in total. The van der Waals surface area contributed by atoms with E-state index in [1.165, 1.54) is 0 Å². The van der Waals surface area contributed by atoms with Gasteiger partial charge in [0.05, 0.1) is 0 Å². The van der Waals surface area contributed by atoms with Crippen LogP contribution in [0, 0.1) is 13.8 Å². The molecule has 0 saturated heterocycles. The number of aromatic nitrogens is 3. The van der Waals surface area contributed by atoms with Gasteiger partial charge in [0.2, 0.25) is 0 Å². The molecule has 166 valence electrons. The lowest BCUT2D eigenvalue weighted by Gasteiger charge is -2.11. The number of nitrogen functional groups attached to an aromatic ring is 1. The minimum Gasteiger partial charge on any atom is -0.455 e. The second-order valence-corrected chi connectivity index (χ2v) is 8.46. The molecule has 4 aromatic heterocycles. The summed E-state index contributed by atoms with van der Waals surface area (Å²) in [6.07, 6.45) is 3.45. The highest BCUT2D eigenvalue weighted by atomic mass is 16.3. The minimum absolute atomic E-state index is 0.154. The monoisotopic (exact) mass is 447 g/mol. The molecule has 4 heterocycles. The van der Waals surface area contributed by atoms with Crippen molar-refractivity contribution in [3.05, 3.63) is 83.3 Å². The van der Waals surface area contributed by atoms with Crippen LogP contribution in [0.15, 0.2) is 65.3 Å². The van der Waals surface area contributed by atoms with Crippen LogP contribution in [-0.2, 0) is 6.54 Å². The third-order valence-corrected chi connectivity index (χ3v) is 6.31. The number of fused-ring (bicyclic) bond motifs is 8. The molecule has 6 aromatic rings. The van der Waals surface area contributed by atoms with E-state index in [0.29, 0.717) is 23.8 Å². The molecule has 7 nitrogen and oxygen atoms in total. The van der Waals surface area contributed by atoms with Gasteiger partial charge in [-0.2, -0.15) is 0 Å². The molecular formula is C27H21N5O2. The van der Waals surface area contributed by atoms with Gasteiger partial charge >= 0.3 is 0 Å². The summed E-state index contributed by atoms with van der Waals surface area (Å²) in [5, 5.41) is 6.96. The number of nitrogens with two attached hydrogens (primary N) is 1. The maximum atomic E-state index is 13.0. The van der Waals surface area contributed by atoms with Crippen molar-refractivity contribution in [1.29, 1.82) is 0 Å². The molecule has 0 aliphatic rings. The molecule has 7 heteroatoms. The van der Waals surface area contributed by atoms with Gasteiger partial charge in [-0.05, 0) is 67.4 Å². The van der Waals surface area contributed by atoms with Crippen molar-refractivity contribution in [2.45, 2.75) is 20.4 Å². The zero-order valence-electron chi connectivity index (χ0n) is 18.7. The number of hydrogen-bond donors (Lipinski definition) is 2. The van der Waals surface area contributed by atoms with Crippen molar-refractivity contribution >= 4 is 44.4 Å². The number of hydrogen-bond acceptors (Lipinski definition) is 6. The summed E-state index contributed by atoms with van der Waals surface area (Å²) >= 11 is 0. The fraction of sp³-hybridized carbons (Fsp3) is 0.111. The highest BCUT2D eigenvalue weighted by molar-refractivity contribution is 6.26. The first-order valence-corrected chi connectivity index (χ1v) is 11.0. The van der Waals surface area contributed by atoms with Crippen LogP contribution in [0.1, 0.15) is 27.2 Å². The SMILES string of the molecule is Cc1cc(N)nc(C)c1CNC(=O)c1ccc2c(c1)c1oc2c2ccc(-c3ncccn3)cc21. The van der Waals surface area contributed by atoms with Crippen LogP contribution in [0.3, 0.4) is 0 Å². The highest BCUT2D eigenvalue weighted by Gasteiger charge is 2.20. The number of rotatable bonds is 4. The Bertz CT molecular complexity index is 1680. The molecule has 2 bridgehead atoms. The first kappa shape index (κ1) is 20.1. The topological polar surface area (TPSA) is 107 Å². The van der Waals surface area contributed by atoms with Crippen molar-refractivity contribution in [1.82, 2.24) is 20.3 Å². The van der Waals surface area contributed by atoms with Gasteiger partial charge in [-0.3, -0.25) is 4.79 Å². The van der Waals surface area contributed by atoms with E-state index in [1.54, 1.807) is 18.5 Å². The Morgan fingerprint density at radius 3 is 2.41 bits per heavy atom. The molecule has 34 heavy (non-hydrogen) atoms. The quantitative estimate of drug-likeness (QED) is 0.362. The standard InChI is InChI=1S/C27H21N5O2/c1-14-10-23(28)32-15(2)22(14)13-31-27(33)17-5-7-19-21(12-17)25-20-11-16(26-29-8-3-9-30-26)4-6-18(20)24(19)34-25/h3-12H,13H2,1-2H3,(H2,28,32)(H,31,33). The van der Waals surface area contributed by atoms with Crippen LogP contribution in [-0.4, -0.2) is 20.9 Å². The summed E-state index contributed by atoms with van der Waals surface area (Å²) in [4.78, 5) is 26.0. The molecule has 0 radical (unpaired) electrons. The normalized spacial score (nSPS) is 11.6. The van der Waals surface area contributed by atoms with Gasteiger partial charge in [0, 0.05) is 57.3 Å². The zero-order valence-corrected chi connectivity index (χ0v) is 18.7. The Balaban J connectivity index is 1.35. The number of benzene rings is 3. The number of pyridine rings is 1. The van der Waals surface area contributed by atoms with E-state index in [0.717, 1.165) is 55.1 Å². The first-order chi connectivity index (χ1) is 16.5. The number of aryl methyl sites for hydroxylation is 2. The molecule has 2 aromatic carbocycles. The van der Waals surface area contributed by atoms with Crippen molar-refractivity contribution in [2.24, 2.45) is 0 Å². The summed E-state index contributed by atoms with van der Waals surface area (Å²) in [6.45, 7) is 4.25. The van der Waals surface area contributed by atoms with Crippen LogP contribution in [0.25, 0.3) is 44.1 Å². The second kappa shape index (κ2) is 7.52. The van der Waals surface area contributed by atoms with E-state index in [1.807, 2.05) is 56.3 Å². The molecule has 0 atom stereocenters. The van der Waals surface area contributed by atoms with Crippen LogP contribution in [0.2, 0.25) is 0 Å². The number of carbonyl (C=O) groups is 1. The number of nitrogens with zero attached hydrogens (tertiary/aromatic N) is 3. The third kappa shape index (κ3) is 3.13. The smallest absolute Gasteiger partial charge is 0.251 e. The molecule has 0 aliphatic carbocycles. The van der Waals surface area contributed by atoms with Crippen LogP contribution in [0.4, 0.5) is 5.82 Å². The Kier molecular flexibility index (Phi) is 4.45. The number of anilines is 1. The Hall–Kier alpha value is -4.52. The summed E-state index contributed by atoms with van der Waals surface area (Å²) < 4.78 is 6.15. The molecule has 0 fully saturated rings. The van der Waals surface area contributed by atoms with E-state index in [-0.39, 0.29) is 5.91 Å².